The van der Waals surface area contributed by atoms with Gasteiger partial charge in [0.15, 0.2) is 5.76 Å². The van der Waals surface area contributed by atoms with Crippen LogP contribution in [-0.2, 0) is 10.0 Å². The van der Waals surface area contributed by atoms with Gasteiger partial charge in [0.1, 0.15) is 0 Å². The predicted molar refractivity (Wildman–Crippen MR) is 67.0 cm³/mol. The Hall–Kier alpha value is -2.08. The Morgan fingerprint density at radius 1 is 1.17 bits per heavy atom. The van der Waals surface area contributed by atoms with E-state index in [0.29, 0.717) is 11.3 Å². The summed E-state index contributed by atoms with van der Waals surface area (Å²) in [7, 11) is -3.31. The molecule has 6 heteroatoms. The van der Waals surface area contributed by atoms with Crippen LogP contribution in [0.1, 0.15) is 16.1 Å². The quantitative estimate of drug-likeness (QED) is 0.856. The van der Waals surface area contributed by atoms with Crippen LogP contribution in [0.25, 0.3) is 0 Å². The first-order chi connectivity index (χ1) is 8.46. The molecule has 0 bridgehead atoms. The number of benzene rings is 1. The molecule has 0 fully saturated rings. The van der Waals surface area contributed by atoms with Gasteiger partial charge in [-0.05, 0) is 36.4 Å². The Kier molecular flexibility index (Phi) is 3.20. The summed E-state index contributed by atoms with van der Waals surface area (Å²) in [6.07, 6.45) is 2.49. The molecule has 2 rings (SSSR count). The molecule has 0 atom stereocenters. The molecule has 0 saturated heterocycles. The summed E-state index contributed by atoms with van der Waals surface area (Å²) in [6.45, 7) is 0. The first-order valence-electron chi connectivity index (χ1n) is 5.12. The number of sulfonamides is 1. The largest absolute Gasteiger partial charge is 0.461 e. The molecule has 18 heavy (non-hydrogen) atoms. The highest BCUT2D eigenvalue weighted by Gasteiger charge is 2.11. The molecular formula is C12H11NO4S. The molecule has 0 aliphatic carbocycles. The Morgan fingerprint density at radius 2 is 1.83 bits per heavy atom. The van der Waals surface area contributed by atoms with Crippen LogP contribution in [0.4, 0.5) is 5.69 Å². The topological polar surface area (TPSA) is 76.4 Å². The third kappa shape index (κ3) is 2.98. The summed E-state index contributed by atoms with van der Waals surface area (Å²) in [5.41, 5.74) is 0.845. The van der Waals surface area contributed by atoms with Crippen molar-refractivity contribution in [1.29, 1.82) is 0 Å². The molecule has 0 amide bonds. The summed E-state index contributed by atoms with van der Waals surface area (Å²) in [6, 6.07) is 9.34. The number of rotatable bonds is 4. The van der Waals surface area contributed by atoms with Crippen molar-refractivity contribution in [2.45, 2.75) is 0 Å². The highest BCUT2D eigenvalue weighted by molar-refractivity contribution is 7.92. The van der Waals surface area contributed by atoms with E-state index in [4.69, 9.17) is 4.42 Å². The number of furan rings is 1. The number of hydrogen-bond donors (Lipinski definition) is 1. The van der Waals surface area contributed by atoms with E-state index in [1.54, 1.807) is 24.3 Å². The van der Waals surface area contributed by atoms with Gasteiger partial charge in [-0.3, -0.25) is 9.52 Å². The minimum Gasteiger partial charge on any atom is -0.461 e. The molecule has 0 aliphatic rings. The minimum absolute atomic E-state index is 0.245. The van der Waals surface area contributed by atoms with Crippen LogP contribution in [0.5, 0.6) is 0 Å². The normalized spacial score (nSPS) is 11.2. The fourth-order valence-electron chi connectivity index (χ4n) is 1.45. The standard InChI is InChI=1S/C12H11NO4S/c1-18(15,16)13-10-6-4-9(5-7-10)12(14)11-3-2-8-17-11/h2-8,13H,1H3. The zero-order valence-corrected chi connectivity index (χ0v) is 10.4. The van der Waals surface area contributed by atoms with Gasteiger partial charge < -0.3 is 4.42 Å². The van der Waals surface area contributed by atoms with E-state index in [1.165, 1.54) is 18.4 Å². The van der Waals surface area contributed by atoms with Crippen LogP contribution >= 0.6 is 0 Å². The lowest BCUT2D eigenvalue weighted by Crippen LogP contribution is -2.09. The van der Waals surface area contributed by atoms with Gasteiger partial charge >= 0.3 is 0 Å². The first kappa shape index (κ1) is 12.4. The molecule has 0 saturated carbocycles. The summed E-state index contributed by atoms with van der Waals surface area (Å²) in [5, 5.41) is 0. The summed E-state index contributed by atoms with van der Waals surface area (Å²) in [5.74, 6) is 0.00438. The van der Waals surface area contributed by atoms with Crippen LogP contribution in [0, 0.1) is 0 Å². The van der Waals surface area contributed by atoms with Crippen LogP contribution < -0.4 is 4.72 Å². The lowest BCUT2D eigenvalue weighted by molar-refractivity contribution is 0.101. The number of ketones is 1. The first-order valence-corrected chi connectivity index (χ1v) is 7.01. The molecule has 1 heterocycles. The molecular weight excluding hydrogens is 254 g/mol. The molecule has 2 aromatic rings. The maximum absolute atomic E-state index is 11.9. The van der Waals surface area contributed by atoms with E-state index in [0.717, 1.165) is 6.26 Å². The zero-order valence-electron chi connectivity index (χ0n) is 9.58. The number of anilines is 1. The molecule has 1 aromatic heterocycles. The van der Waals surface area contributed by atoms with Gasteiger partial charge in [-0.2, -0.15) is 0 Å². The molecule has 94 valence electrons. The Balaban J connectivity index is 2.20. The number of carbonyl (C=O) groups excluding carboxylic acids is 1. The van der Waals surface area contributed by atoms with Gasteiger partial charge in [-0.15, -0.1) is 0 Å². The second kappa shape index (κ2) is 4.66. The van der Waals surface area contributed by atoms with E-state index in [1.807, 2.05) is 0 Å². The fraction of sp³-hybridized carbons (Fsp3) is 0.0833. The molecule has 0 aliphatic heterocycles. The Labute approximate surface area is 104 Å². The highest BCUT2D eigenvalue weighted by atomic mass is 32.2. The van der Waals surface area contributed by atoms with Crippen molar-refractivity contribution in [3.05, 3.63) is 54.0 Å². The number of carbonyl (C=O) groups is 1. The van der Waals surface area contributed by atoms with Crippen molar-refractivity contribution >= 4 is 21.5 Å². The monoisotopic (exact) mass is 265 g/mol. The predicted octanol–water partition coefficient (Wildman–Crippen LogP) is 1.88. The molecule has 1 aromatic carbocycles. The highest BCUT2D eigenvalue weighted by Crippen LogP contribution is 2.14. The van der Waals surface area contributed by atoms with Crippen LogP contribution in [0.3, 0.4) is 0 Å². The minimum atomic E-state index is -3.31. The van der Waals surface area contributed by atoms with Crippen LogP contribution in [-0.4, -0.2) is 20.5 Å². The van der Waals surface area contributed by atoms with Gasteiger partial charge in [0.2, 0.25) is 15.8 Å². The van der Waals surface area contributed by atoms with Crippen LogP contribution in [0.15, 0.2) is 47.1 Å². The van der Waals surface area contributed by atoms with Crippen molar-refractivity contribution in [1.82, 2.24) is 0 Å². The van der Waals surface area contributed by atoms with Crippen molar-refractivity contribution in [2.24, 2.45) is 0 Å². The van der Waals surface area contributed by atoms with E-state index < -0.39 is 10.0 Å². The summed E-state index contributed by atoms with van der Waals surface area (Å²) >= 11 is 0. The third-order valence-corrected chi connectivity index (χ3v) is 2.80. The van der Waals surface area contributed by atoms with Crippen LogP contribution in [0.2, 0.25) is 0 Å². The van der Waals surface area contributed by atoms with Gasteiger partial charge in [-0.1, -0.05) is 0 Å². The maximum atomic E-state index is 11.9. The number of hydrogen-bond acceptors (Lipinski definition) is 4. The SMILES string of the molecule is CS(=O)(=O)Nc1ccc(C(=O)c2ccco2)cc1. The molecule has 5 nitrogen and oxygen atoms in total. The third-order valence-electron chi connectivity index (χ3n) is 2.20. The van der Waals surface area contributed by atoms with E-state index in [-0.39, 0.29) is 11.5 Å². The van der Waals surface area contributed by atoms with Crippen molar-refractivity contribution in [2.75, 3.05) is 11.0 Å². The lowest BCUT2D eigenvalue weighted by atomic mass is 10.1. The van der Waals surface area contributed by atoms with Gasteiger partial charge in [0, 0.05) is 11.3 Å². The molecule has 0 spiro atoms. The Bertz CT molecular complexity index is 642. The average molecular weight is 265 g/mol. The molecule has 0 unspecified atom stereocenters. The number of nitrogens with one attached hydrogen (secondary N) is 1. The van der Waals surface area contributed by atoms with E-state index >= 15 is 0 Å². The van der Waals surface area contributed by atoms with Crippen molar-refractivity contribution < 1.29 is 17.6 Å². The van der Waals surface area contributed by atoms with Crippen molar-refractivity contribution in [3.63, 3.8) is 0 Å². The van der Waals surface area contributed by atoms with Gasteiger partial charge in [0.05, 0.1) is 12.5 Å². The average Bonchev–Trinajstić information content (AvgIpc) is 2.80. The van der Waals surface area contributed by atoms with Gasteiger partial charge in [-0.25, -0.2) is 8.42 Å². The smallest absolute Gasteiger partial charge is 0.229 e. The molecule has 1 N–H and O–H groups in total. The second-order valence-electron chi connectivity index (χ2n) is 3.76. The maximum Gasteiger partial charge on any atom is 0.229 e. The lowest BCUT2D eigenvalue weighted by Gasteiger charge is -2.04. The second-order valence-corrected chi connectivity index (χ2v) is 5.51. The molecule has 0 radical (unpaired) electrons. The summed E-state index contributed by atoms with van der Waals surface area (Å²) in [4.78, 5) is 11.9. The van der Waals surface area contributed by atoms with Crippen molar-refractivity contribution in [3.8, 4) is 0 Å². The van der Waals surface area contributed by atoms with E-state index in [2.05, 4.69) is 4.72 Å². The fourth-order valence-corrected chi connectivity index (χ4v) is 2.02. The van der Waals surface area contributed by atoms with Gasteiger partial charge in [0.25, 0.3) is 0 Å². The summed E-state index contributed by atoms with van der Waals surface area (Å²) < 4.78 is 29.3. The Morgan fingerprint density at radius 3 is 2.33 bits per heavy atom. The van der Waals surface area contributed by atoms with E-state index in [9.17, 15) is 13.2 Å². The zero-order chi connectivity index (χ0) is 13.2.